The number of hydrogen-bond acceptors (Lipinski definition) is 2. The van der Waals surface area contributed by atoms with Gasteiger partial charge in [0.1, 0.15) is 0 Å². The first-order chi connectivity index (χ1) is 9.13. The van der Waals surface area contributed by atoms with E-state index in [4.69, 9.17) is 0 Å². The molecule has 1 aliphatic heterocycles. The van der Waals surface area contributed by atoms with Crippen molar-refractivity contribution in [1.29, 1.82) is 0 Å². The molecule has 1 atom stereocenters. The smallest absolute Gasteiger partial charge is 0.223 e. The summed E-state index contributed by atoms with van der Waals surface area (Å²) < 4.78 is 0. The van der Waals surface area contributed by atoms with E-state index < -0.39 is 0 Å². The summed E-state index contributed by atoms with van der Waals surface area (Å²) in [6.07, 6.45) is 3.95. The van der Waals surface area contributed by atoms with E-state index in [1.54, 1.807) is 11.1 Å². The lowest BCUT2D eigenvalue weighted by molar-refractivity contribution is -0.129. The van der Waals surface area contributed by atoms with Crippen LogP contribution in [-0.2, 0) is 9.59 Å². The normalized spacial score (nSPS) is 16.9. The standard InChI is InChI=1S/C15H18N2O2/c1-3-16-15(19)10-14-13-7-5-4-6-12(13)8-9-17(14)11(2)18/h4-9,14H,3,10H2,1-2H3,(H,16,19). The van der Waals surface area contributed by atoms with E-state index in [9.17, 15) is 9.59 Å². The van der Waals surface area contributed by atoms with Gasteiger partial charge < -0.3 is 10.2 Å². The highest BCUT2D eigenvalue weighted by atomic mass is 16.2. The fourth-order valence-corrected chi connectivity index (χ4v) is 2.36. The second-order valence-electron chi connectivity index (χ2n) is 4.54. The highest BCUT2D eigenvalue weighted by Crippen LogP contribution is 2.32. The number of carbonyl (C=O) groups excluding carboxylic acids is 2. The molecule has 2 rings (SSSR count). The summed E-state index contributed by atoms with van der Waals surface area (Å²) in [5, 5.41) is 2.78. The Labute approximate surface area is 113 Å². The SMILES string of the molecule is CCNC(=O)CC1c2ccccc2C=CN1C(C)=O. The predicted octanol–water partition coefficient (Wildman–Crippen LogP) is 2.09. The van der Waals surface area contributed by atoms with Gasteiger partial charge in [-0.05, 0) is 24.1 Å². The summed E-state index contributed by atoms with van der Waals surface area (Å²) in [4.78, 5) is 25.1. The van der Waals surface area contributed by atoms with Gasteiger partial charge in [0.2, 0.25) is 11.8 Å². The summed E-state index contributed by atoms with van der Waals surface area (Å²) in [7, 11) is 0. The van der Waals surface area contributed by atoms with Crippen LogP contribution >= 0.6 is 0 Å². The molecule has 0 bridgehead atoms. The Morgan fingerprint density at radius 3 is 2.74 bits per heavy atom. The van der Waals surface area contributed by atoms with Crippen LogP contribution in [0.25, 0.3) is 6.08 Å². The molecule has 0 saturated carbocycles. The van der Waals surface area contributed by atoms with Crippen molar-refractivity contribution in [2.24, 2.45) is 0 Å². The van der Waals surface area contributed by atoms with Crippen molar-refractivity contribution in [3.05, 3.63) is 41.6 Å². The maximum Gasteiger partial charge on any atom is 0.223 e. The molecule has 0 saturated heterocycles. The topological polar surface area (TPSA) is 49.4 Å². The number of hydrogen-bond donors (Lipinski definition) is 1. The van der Waals surface area contributed by atoms with E-state index in [-0.39, 0.29) is 24.3 Å². The third kappa shape index (κ3) is 2.84. The highest BCUT2D eigenvalue weighted by molar-refractivity contribution is 5.81. The van der Waals surface area contributed by atoms with E-state index in [0.717, 1.165) is 11.1 Å². The van der Waals surface area contributed by atoms with Gasteiger partial charge in [-0.1, -0.05) is 24.3 Å². The second-order valence-corrected chi connectivity index (χ2v) is 4.54. The molecule has 1 N–H and O–H groups in total. The summed E-state index contributed by atoms with van der Waals surface area (Å²) in [6.45, 7) is 4.00. The monoisotopic (exact) mass is 258 g/mol. The molecule has 0 aliphatic carbocycles. The molecule has 4 nitrogen and oxygen atoms in total. The number of rotatable bonds is 3. The molecule has 1 aromatic carbocycles. The molecule has 4 heteroatoms. The van der Waals surface area contributed by atoms with Crippen molar-refractivity contribution < 1.29 is 9.59 Å². The predicted molar refractivity (Wildman–Crippen MR) is 74.0 cm³/mol. The van der Waals surface area contributed by atoms with Gasteiger partial charge in [-0.2, -0.15) is 0 Å². The molecule has 0 spiro atoms. The molecule has 1 unspecified atom stereocenters. The van der Waals surface area contributed by atoms with Gasteiger partial charge in [0, 0.05) is 19.7 Å². The van der Waals surface area contributed by atoms with Crippen LogP contribution in [0.2, 0.25) is 0 Å². The molecule has 1 heterocycles. The quantitative estimate of drug-likeness (QED) is 0.902. The van der Waals surface area contributed by atoms with Gasteiger partial charge in [-0.15, -0.1) is 0 Å². The molecular formula is C15H18N2O2. The van der Waals surface area contributed by atoms with Gasteiger partial charge in [0.05, 0.1) is 12.5 Å². The lowest BCUT2D eigenvalue weighted by Gasteiger charge is -2.32. The second kappa shape index (κ2) is 5.69. The Morgan fingerprint density at radius 2 is 2.05 bits per heavy atom. The number of nitrogens with zero attached hydrogens (tertiary/aromatic N) is 1. The van der Waals surface area contributed by atoms with Crippen molar-refractivity contribution in [3.8, 4) is 0 Å². The molecule has 0 aromatic heterocycles. The largest absolute Gasteiger partial charge is 0.356 e. The molecular weight excluding hydrogens is 240 g/mol. The molecule has 2 amide bonds. The van der Waals surface area contributed by atoms with Crippen molar-refractivity contribution in [3.63, 3.8) is 0 Å². The highest BCUT2D eigenvalue weighted by Gasteiger charge is 2.27. The van der Waals surface area contributed by atoms with Gasteiger partial charge in [-0.25, -0.2) is 0 Å². The first-order valence-electron chi connectivity index (χ1n) is 6.46. The summed E-state index contributed by atoms with van der Waals surface area (Å²) in [5.41, 5.74) is 2.08. The summed E-state index contributed by atoms with van der Waals surface area (Å²) in [6, 6.07) is 7.63. The van der Waals surface area contributed by atoms with Gasteiger partial charge in [0.25, 0.3) is 0 Å². The number of nitrogens with one attached hydrogen (secondary N) is 1. The number of benzene rings is 1. The van der Waals surface area contributed by atoms with E-state index >= 15 is 0 Å². The minimum atomic E-state index is -0.217. The third-order valence-electron chi connectivity index (χ3n) is 3.22. The Bertz CT molecular complexity index is 523. The molecule has 1 aromatic rings. The van der Waals surface area contributed by atoms with Crippen LogP contribution in [0.4, 0.5) is 0 Å². The van der Waals surface area contributed by atoms with Crippen molar-refractivity contribution in [2.75, 3.05) is 6.54 Å². The zero-order chi connectivity index (χ0) is 13.8. The lowest BCUT2D eigenvalue weighted by Crippen LogP contribution is -2.35. The van der Waals surface area contributed by atoms with Gasteiger partial charge in [-0.3, -0.25) is 9.59 Å². The van der Waals surface area contributed by atoms with Crippen LogP contribution in [0.3, 0.4) is 0 Å². The van der Waals surface area contributed by atoms with Gasteiger partial charge >= 0.3 is 0 Å². The number of fused-ring (bicyclic) bond motifs is 1. The molecule has 0 radical (unpaired) electrons. The zero-order valence-electron chi connectivity index (χ0n) is 11.2. The van der Waals surface area contributed by atoms with Crippen LogP contribution in [-0.4, -0.2) is 23.3 Å². The molecule has 1 aliphatic rings. The summed E-state index contributed by atoms with van der Waals surface area (Å²) >= 11 is 0. The van der Waals surface area contributed by atoms with Gasteiger partial charge in [0.15, 0.2) is 0 Å². The van der Waals surface area contributed by atoms with Crippen LogP contribution < -0.4 is 5.32 Å². The van der Waals surface area contributed by atoms with E-state index in [1.807, 2.05) is 37.3 Å². The minimum absolute atomic E-state index is 0.0381. The Kier molecular flexibility index (Phi) is 4.00. The van der Waals surface area contributed by atoms with Crippen molar-refractivity contribution >= 4 is 17.9 Å². The average Bonchev–Trinajstić information content (AvgIpc) is 2.39. The van der Waals surface area contributed by atoms with E-state index in [2.05, 4.69) is 5.32 Å². The zero-order valence-corrected chi connectivity index (χ0v) is 11.2. The molecule has 100 valence electrons. The number of carbonyl (C=O) groups is 2. The molecule has 0 fully saturated rings. The average molecular weight is 258 g/mol. The van der Waals surface area contributed by atoms with Crippen molar-refractivity contribution in [1.82, 2.24) is 10.2 Å². The third-order valence-corrected chi connectivity index (χ3v) is 3.22. The number of amides is 2. The maximum absolute atomic E-state index is 11.8. The van der Waals surface area contributed by atoms with Crippen LogP contribution in [0.15, 0.2) is 30.5 Å². The first-order valence-corrected chi connectivity index (χ1v) is 6.46. The van der Waals surface area contributed by atoms with E-state index in [1.165, 1.54) is 6.92 Å². The van der Waals surface area contributed by atoms with E-state index in [0.29, 0.717) is 6.54 Å². The first kappa shape index (κ1) is 13.3. The lowest BCUT2D eigenvalue weighted by atomic mass is 9.93. The minimum Gasteiger partial charge on any atom is -0.356 e. The van der Waals surface area contributed by atoms with Crippen LogP contribution in [0.1, 0.15) is 37.4 Å². The fourth-order valence-electron chi connectivity index (χ4n) is 2.36. The summed E-state index contributed by atoms with van der Waals surface area (Å²) in [5.74, 6) is -0.0936. The van der Waals surface area contributed by atoms with Crippen LogP contribution in [0, 0.1) is 0 Å². The maximum atomic E-state index is 11.8. The Balaban J connectivity index is 2.31. The van der Waals surface area contributed by atoms with Crippen molar-refractivity contribution in [2.45, 2.75) is 26.3 Å². The Morgan fingerprint density at radius 1 is 1.32 bits per heavy atom. The Hall–Kier alpha value is -2.10. The molecule has 19 heavy (non-hydrogen) atoms. The van der Waals surface area contributed by atoms with Crippen LogP contribution in [0.5, 0.6) is 0 Å². The fraction of sp³-hybridized carbons (Fsp3) is 0.333.